The molecular formula is C17H22N4O6. The van der Waals surface area contributed by atoms with E-state index in [1.165, 1.54) is 6.92 Å². The van der Waals surface area contributed by atoms with Gasteiger partial charge in [-0.15, -0.1) is 0 Å². The van der Waals surface area contributed by atoms with E-state index in [4.69, 9.17) is 0 Å². The highest BCUT2D eigenvalue weighted by atomic mass is 16.5. The first-order chi connectivity index (χ1) is 12.9. The average Bonchev–Trinajstić information content (AvgIpc) is 2.64. The molecule has 0 radical (unpaired) electrons. The fourth-order valence-electron chi connectivity index (χ4n) is 2.01. The second-order valence-electron chi connectivity index (χ2n) is 5.41. The molecule has 0 aromatic heterocycles. The summed E-state index contributed by atoms with van der Waals surface area (Å²) in [6.45, 7) is 0.272. The summed E-state index contributed by atoms with van der Waals surface area (Å²) in [5, 5.41) is 9.42. The van der Waals surface area contributed by atoms with Gasteiger partial charge in [0.05, 0.1) is 13.1 Å². The third-order valence-electron chi connectivity index (χ3n) is 3.25. The van der Waals surface area contributed by atoms with Crippen molar-refractivity contribution in [2.24, 2.45) is 0 Å². The summed E-state index contributed by atoms with van der Waals surface area (Å²) in [5.41, 5.74) is 0.806. The molecule has 10 nitrogen and oxygen atoms in total. The lowest BCUT2D eigenvalue weighted by Crippen LogP contribution is -2.51. The Kier molecular flexibility index (Phi) is 9.61. The number of carbonyl (C=O) groups is 5. The van der Waals surface area contributed by atoms with Crippen LogP contribution in [0.1, 0.15) is 12.5 Å². The monoisotopic (exact) mass is 378 g/mol. The zero-order valence-corrected chi connectivity index (χ0v) is 14.8. The van der Waals surface area contributed by atoms with Gasteiger partial charge in [0.25, 0.3) is 0 Å². The first-order valence-corrected chi connectivity index (χ1v) is 8.10. The van der Waals surface area contributed by atoms with Gasteiger partial charge in [0.15, 0.2) is 6.73 Å². The Bertz CT molecular complexity index is 665. The van der Waals surface area contributed by atoms with Crippen LogP contribution in [-0.2, 0) is 35.1 Å². The van der Waals surface area contributed by atoms with Crippen LogP contribution in [0.4, 0.5) is 0 Å². The van der Waals surface area contributed by atoms with E-state index in [2.05, 4.69) is 26.0 Å². The summed E-state index contributed by atoms with van der Waals surface area (Å²) in [6.07, 6.45) is 0.577. The quantitative estimate of drug-likeness (QED) is 0.204. The van der Waals surface area contributed by atoms with E-state index < -0.39 is 29.7 Å². The molecule has 1 aromatic carbocycles. The van der Waals surface area contributed by atoms with Crippen molar-refractivity contribution in [3.63, 3.8) is 0 Å². The molecule has 1 rings (SSSR count). The molecule has 0 aliphatic heterocycles. The van der Waals surface area contributed by atoms with E-state index in [0.29, 0.717) is 6.41 Å². The number of rotatable bonds is 11. The predicted octanol–water partition coefficient (Wildman–Crippen LogP) is -1.79. The normalized spacial score (nSPS) is 10.9. The lowest BCUT2D eigenvalue weighted by molar-refractivity contribution is -0.143. The van der Waals surface area contributed by atoms with Crippen molar-refractivity contribution >= 4 is 30.1 Å². The molecule has 0 heterocycles. The van der Waals surface area contributed by atoms with Crippen LogP contribution in [0.3, 0.4) is 0 Å². The number of hydrogen-bond acceptors (Lipinski definition) is 6. The van der Waals surface area contributed by atoms with Gasteiger partial charge in [-0.05, 0) is 5.56 Å². The van der Waals surface area contributed by atoms with Crippen molar-refractivity contribution in [1.82, 2.24) is 21.3 Å². The van der Waals surface area contributed by atoms with Crippen LogP contribution < -0.4 is 21.3 Å². The molecule has 0 aliphatic carbocycles. The van der Waals surface area contributed by atoms with Crippen LogP contribution in [0.15, 0.2) is 30.3 Å². The van der Waals surface area contributed by atoms with Crippen LogP contribution in [0.25, 0.3) is 0 Å². The third-order valence-corrected chi connectivity index (χ3v) is 3.25. The smallest absolute Gasteiger partial charge is 0.304 e. The largest absolute Gasteiger partial charge is 0.445 e. The Labute approximate surface area is 156 Å². The second-order valence-corrected chi connectivity index (χ2v) is 5.41. The van der Waals surface area contributed by atoms with Crippen LogP contribution in [0, 0.1) is 0 Å². The highest BCUT2D eigenvalue weighted by Gasteiger charge is 2.21. The van der Waals surface area contributed by atoms with Crippen molar-refractivity contribution in [3.8, 4) is 0 Å². The molecule has 0 saturated heterocycles. The highest BCUT2D eigenvalue weighted by molar-refractivity contribution is 5.91. The van der Waals surface area contributed by atoms with Gasteiger partial charge in [0.2, 0.25) is 24.1 Å². The molecule has 27 heavy (non-hydrogen) atoms. The number of esters is 1. The van der Waals surface area contributed by atoms with Crippen LogP contribution in [0.5, 0.6) is 0 Å². The van der Waals surface area contributed by atoms with E-state index in [-0.39, 0.29) is 26.2 Å². The van der Waals surface area contributed by atoms with E-state index in [1.54, 1.807) is 24.3 Å². The number of benzene rings is 1. The van der Waals surface area contributed by atoms with Gasteiger partial charge in [-0.3, -0.25) is 24.0 Å². The minimum atomic E-state index is -0.936. The molecule has 1 unspecified atom stereocenters. The van der Waals surface area contributed by atoms with Crippen molar-refractivity contribution < 1.29 is 28.7 Å². The standard InChI is InChI=1S/C17H22N4O6/c1-12(23)27-11-20-15(24)9-19-17(26)14(21-16(25)8-18-10-22)7-13-5-3-2-4-6-13/h2-6,10,14H,7-9,11H2,1H3,(H,18,22)(H,19,26)(H,20,24)(H,21,25). The molecule has 0 saturated carbocycles. The second kappa shape index (κ2) is 12.0. The summed E-state index contributed by atoms with van der Waals surface area (Å²) in [7, 11) is 0. The third kappa shape index (κ3) is 9.58. The first kappa shape index (κ1) is 21.6. The maximum absolute atomic E-state index is 12.4. The zero-order chi connectivity index (χ0) is 20.1. The zero-order valence-electron chi connectivity index (χ0n) is 14.8. The summed E-state index contributed by atoms with van der Waals surface area (Å²) >= 11 is 0. The van der Waals surface area contributed by atoms with Gasteiger partial charge in [-0.2, -0.15) is 0 Å². The number of hydrogen-bond donors (Lipinski definition) is 4. The van der Waals surface area contributed by atoms with Crippen molar-refractivity contribution in [2.75, 3.05) is 19.8 Å². The molecule has 0 fully saturated rings. The molecule has 0 spiro atoms. The lowest BCUT2D eigenvalue weighted by atomic mass is 10.1. The van der Waals surface area contributed by atoms with Gasteiger partial charge in [0, 0.05) is 13.3 Å². The average molecular weight is 378 g/mol. The fourth-order valence-corrected chi connectivity index (χ4v) is 2.01. The van der Waals surface area contributed by atoms with Crippen molar-refractivity contribution in [1.29, 1.82) is 0 Å². The Balaban J connectivity index is 2.60. The molecule has 1 aromatic rings. The van der Waals surface area contributed by atoms with E-state index in [9.17, 15) is 24.0 Å². The van der Waals surface area contributed by atoms with Crippen LogP contribution in [0.2, 0.25) is 0 Å². The van der Waals surface area contributed by atoms with Crippen LogP contribution >= 0.6 is 0 Å². The number of nitrogens with one attached hydrogen (secondary N) is 4. The molecule has 1 atom stereocenters. The van der Waals surface area contributed by atoms with Crippen molar-refractivity contribution in [3.05, 3.63) is 35.9 Å². The van der Waals surface area contributed by atoms with E-state index >= 15 is 0 Å². The van der Waals surface area contributed by atoms with Gasteiger partial charge in [-0.1, -0.05) is 30.3 Å². The highest BCUT2D eigenvalue weighted by Crippen LogP contribution is 2.03. The van der Waals surface area contributed by atoms with Crippen molar-refractivity contribution in [2.45, 2.75) is 19.4 Å². The molecular weight excluding hydrogens is 356 g/mol. The van der Waals surface area contributed by atoms with Crippen LogP contribution in [-0.4, -0.2) is 56.0 Å². The minimum Gasteiger partial charge on any atom is -0.445 e. The Hall–Kier alpha value is -3.43. The SMILES string of the molecule is CC(=O)OCNC(=O)CNC(=O)C(Cc1ccccc1)NC(=O)CNC=O. The molecule has 0 aliphatic rings. The maximum atomic E-state index is 12.4. The molecule has 4 N–H and O–H groups in total. The summed E-state index contributed by atoms with van der Waals surface area (Å²) in [5.74, 6) is -2.22. The van der Waals surface area contributed by atoms with E-state index in [1.807, 2.05) is 6.07 Å². The molecule has 146 valence electrons. The Morgan fingerprint density at radius 1 is 1.04 bits per heavy atom. The summed E-state index contributed by atoms with van der Waals surface area (Å²) < 4.78 is 4.56. The maximum Gasteiger partial charge on any atom is 0.304 e. The number of ether oxygens (including phenoxy) is 1. The van der Waals surface area contributed by atoms with Gasteiger partial charge >= 0.3 is 5.97 Å². The van der Waals surface area contributed by atoms with Gasteiger partial charge in [0.1, 0.15) is 6.04 Å². The Morgan fingerprint density at radius 2 is 1.74 bits per heavy atom. The van der Waals surface area contributed by atoms with Gasteiger partial charge < -0.3 is 26.0 Å². The summed E-state index contributed by atoms with van der Waals surface area (Å²) in [6, 6.07) is 8.06. The Morgan fingerprint density at radius 3 is 2.37 bits per heavy atom. The van der Waals surface area contributed by atoms with Gasteiger partial charge in [-0.25, -0.2) is 0 Å². The predicted molar refractivity (Wildman–Crippen MR) is 93.9 cm³/mol. The molecule has 4 amide bonds. The molecule has 0 bridgehead atoms. The van der Waals surface area contributed by atoms with E-state index in [0.717, 1.165) is 5.56 Å². The minimum absolute atomic E-state index is 0.203. The molecule has 10 heteroatoms. The topological polar surface area (TPSA) is 143 Å². The fraction of sp³-hybridized carbons (Fsp3) is 0.353. The number of carbonyl (C=O) groups excluding carboxylic acids is 5. The number of amides is 4. The lowest BCUT2D eigenvalue weighted by Gasteiger charge is -2.18. The summed E-state index contributed by atoms with van der Waals surface area (Å²) in [4.78, 5) is 56.7. The first-order valence-electron chi connectivity index (χ1n) is 8.10.